The molecule has 0 bridgehead atoms. The molecule has 0 saturated carbocycles. The Morgan fingerprint density at radius 1 is 1.39 bits per heavy atom. The summed E-state index contributed by atoms with van der Waals surface area (Å²) < 4.78 is 0. The first-order valence-electron chi connectivity index (χ1n) is 5.71. The van der Waals surface area contributed by atoms with Crippen LogP contribution in [0.3, 0.4) is 0 Å². The van der Waals surface area contributed by atoms with E-state index in [2.05, 4.69) is 4.98 Å². The van der Waals surface area contributed by atoms with Crippen molar-refractivity contribution < 1.29 is 9.59 Å². The number of carbonyl (C=O) groups is 2. The molecule has 1 aromatic rings. The summed E-state index contributed by atoms with van der Waals surface area (Å²) in [6, 6.07) is 1.40. The molecule has 0 unspecified atom stereocenters. The van der Waals surface area contributed by atoms with Gasteiger partial charge in [-0.2, -0.15) is 0 Å². The van der Waals surface area contributed by atoms with Crippen LogP contribution in [0.5, 0.6) is 0 Å². The molecule has 5 nitrogen and oxygen atoms in total. The molecule has 0 atom stereocenters. The number of carbonyl (C=O) groups excluding carboxylic acids is 2. The van der Waals surface area contributed by atoms with Crippen LogP contribution in [0.25, 0.3) is 0 Å². The van der Waals surface area contributed by atoms with E-state index in [0.29, 0.717) is 28.6 Å². The van der Waals surface area contributed by atoms with Gasteiger partial charge in [0, 0.05) is 6.54 Å². The topological polar surface area (TPSA) is 53.5 Å². The van der Waals surface area contributed by atoms with Crippen LogP contribution >= 0.6 is 11.6 Å². The summed E-state index contributed by atoms with van der Waals surface area (Å²) in [4.78, 5) is 30.8. The van der Waals surface area contributed by atoms with Crippen molar-refractivity contribution in [3.63, 3.8) is 0 Å². The normalized spacial score (nSPS) is 15.8. The average molecular weight is 268 g/mol. The van der Waals surface area contributed by atoms with Gasteiger partial charge in [-0.1, -0.05) is 11.6 Å². The van der Waals surface area contributed by atoms with Gasteiger partial charge in [0.15, 0.2) is 0 Å². The molecule has 6 heteroatoms. The highest BCUT2D eigenvalue weighted by molar-refractivity contribution is 6.31. The molecule has 1 saturated heterocycles. The highest BCUT2D eigenvalue weighted by Crippen LogP contribution is 2.26. The van der Waals surface area contributed by atoms with Crippen LogP contribution < -0.4 is 4.90 Å². The van der Waals surface area contributed by atoms with Gasteiger partial charge in [-0.25, -0.2) is 14.7 Å². The van der Waals surface area contributed by atoms with Crippen molar-refractivity contribution in [1.29, 1.82) is 0 Å². The van der Waals surface area contributed by atoms with Crippen LogP contribution in [0.4, 0.5) is 10.6 Å². The number of pyridine rings is 1. The van der Waals surface area contributed by atoms with Crippen LogP contribution in [0.15, 0.2) is 6.07 Å². The third kappa shape index (κ3) is 1.95. The van der Waals surface area contributed by atoms with E-state index >= 15 is 0 Å². The quantitative estimate of drug-likeness (QED) is 0.772. The minimum absolute atomic E-state index is 0.109. The van der Waals surface area contributed by atoms with Gasteiger partial charge in [-0.15, -0.1) is 0 Å². The summed E-state index contributed by atoms with van der Waals surface area (Å²) in [5, 5.41) is 0.530. The summed E-state index contributed by atoms with van der Waals surface area (Å²) in [6.07, 6.45) is 0. The van der Waals surface area contributed by atoms with Crippen molar-refractivity contribution in [2.24, 2.45) is 0 Å². The fourth-order valence-electron chi connectivity index (χ4n) is 1.89. The molecule has 0 N–H and O–H groups in total. The van der Waals surface area contributed by atoms with Crippen molar-refractivity contribution >= 4 is 29.4 Å². The van der Waals surface area contributed by atoms with Crippen LogP contribution in [0, 0.1) is 13.8 Å². The summed E-state index contributed by atoms with van der Waals surface area (Å²) in [7, 11) is 0. The molecule has 96 valence electrons. The maximum Gasteiger partial charge on any atom is 0.333 e. The predicted molar refractivity (Wildman–Crippen MR) is 68.9 cm³/mol. The smallest absolute Gasteiger partial charge is 0.315 e. The maximum absolute atomic E-state index is 12.1. The molecular formula is C12H14ClN3O2. The van der Waals surface area contributed by atoms with Crippen LogP contribution in [-0.4, -0.2) is 34.9 Å². The lowest BCUT2D eigenvalue weighted by Gasteiger charge is -2.17. The van der Waals surface area contributed by atoms with E-state index in [1.165, 1.54) is 4.90 Å². The minimum Gasteiger partial charge on any atom is -0.315 e. The second-order valence-corrected chi connectivity index (χ2v) is 4.63. The van der Waals surface area contributed by atoms with Gasteiger partial charge in [-0.05, 0) is 32.4 Å². The number of aryl methyl sites for hydroxylation is 2. The molecule has 1 fully saturated rings. The minimum atomic E-state index is -0.320. The number of aromatic nitrogens is 1. The number of hydrogen-bond donors (Lipinski definition) is 0. The standard InChI is InChI=1S/C12H14ClN3O2/c1-4-15-6-10(17)16(12(15)18)11-7(2)5-9(13)8(3)14-11/h5H,4,6H2,1-3H3. The van der Waals surface area contributed by atoms with E-state index in [4.69, 9.17) is 11.6 Å². The SMILES string of the molecule is CCN1CC(=O)N(c2nc(C)c(Cl)cc2C)C1=O. The van der Waals surface area contributed by atoms with Gasteiger partial charge in [0.2, 0.25) is 0 Å². The number of imide groups is 1. The van der Waals surface area contributed by atoms with Crippen molar-refractivity contribution in [2.75, 3.05) is 18.0 Å². The lowest BCUT2D eigenvalue weighted by Crippen LogP contribution is -2.34. The highest BCUT2D eigenvalue weighted by Gasteiger charge is 2.37. The number of halogens is 1. The number of rotatable bonds is 2. The molecular weight excluding hydrogens is 254 g/mol. The first-order valence-corrected chi connectivity index (χ1v) is 6.09. The fraction of sp³-hybridized carbons (Fsp3) is 0.417. The monoisotopic (exact) mass is 267 g/mol. The molecule has 1 aromatic heterocycles. The van der Waals surface area contributed by atoms with Crippen molar-refractivity contribution in [1.82, 2.24) is 9.88 Å². The second-order valence-electron chi connectivity index (χ2n) is 4.22. The molecule has 0 aromatic carbocycles. The molecule has 18 heavy (non-hydrogen) atoms. The number of nitrogens with zero attached hydrogens (tertiary/aromatic N) is 3. The number of likely N-dealkylation sites (N-methyl/N-ethyl adjacent to an activating group) is 1. The Bertz CT molecular complexity index is 530. The lowest BCUT2D eigenvalue weighted by molar-refractivity contribution is -0.116. The number of amides is 3. The van der Waals surface area contributed by atoms with Gasteiger partial charge < -0.3 is 4.90 Å². The molecule has 1 aliphatic heterocycles. The first kappa shape index (κ1) is 12.8. The van der Waals surface area contributed by atoms with E-state index in [0.717, 1.165) is 4.90 Å². The van der Waals surface area contributed by atoms with E-state index < -0.39 is 0 Å². The largest absolute Gasteiger partial charge is 0.333 e. The molecule has 3 amide bonds. The summed E-state index contributed by atoms with van der Waals surface area (Å²) in [6.45, 7) is 5.98. The van der Waals surface area contributed by atoms with Gasteiger partial charge in [0.1, 0.15) is 12.4 Å². The van der Waals surface area contributed by atoms with Gasteiger partial charge in [0.05, 0.1) is 10.7 Å². The third-order valence-corrected chi connectivity index (χ3v) is 3.33. The molecule has 0 spiro atoms. The Kier molecular flexibility index (Phi) is 3.26. The molecule has 1 aliphatic rings. The van der Waals surface area contributed by atoms with Gasteiger partial charge in [-0.3, -0.25) is 4.79 Å². The Morgan fingerprint density at radius 2 is 2.06 bits per heavy atom. The number of urea groups is 1. The van der Waals surface area contributed by atoms with E-state index in [-0.39, 0.29) is 18.5 Å². The Hall–Kier alpha value is -1.62. The summed E-state index contributed by atoms with van der Waals surface area (Å²) >= 11 is 5.96. The average Bonchev–Trinajstić information content (AvgIpc) is 2.59. The van der Waals surface area contributed by atoms with Crippen LogP contribution in [0.1, 0.15) is 18.2 Å². The molecule has 0 radical (unpaired) electrons. The summed E-state index contributed by atoms with van der Waals surface area (Å²) in [5.41, 5.74) is 1.32. The van der Waals surface area contributed by atoms with Crippen LogP contribution in [0.2, 0.25) is 5.02 Å². The van der Waals surface area contributed by atoms with E-state index in [1.807, 2.05) is 6.92 Å². The number of hydrogen-bond acceptors (Lipinski definition) is 3. The highest BCUT2D eigenvalue weighted by atomic mass is 35.5. The molecule has 2 heterocycles. The fourth-order valence-corrected chi connectivity index (χ4v) is 2.10. The Labute approximate surface area is 110 Å². The van der Waals surface area contributed by atoms with Crippen LogP contribution in [-0.2, 0) is 4.79 Å². The maximum atomic E-state index is 12.1. The van der Waals surface area contributed by atoms with Crippen molar-refractivity contribution in [3.05, 3.63) is 22.3 Å². The predicted octanol–water partition coefficient (Wildman–Crippen LogP) is 2.14. The lowest BCUT2D eigenvalue weighted by atomic mass is 10.2. The Morgan fingerprint density at radius 3 is 2.61 bits per heavy atom. The zero-order valence-corrected chi connectivity index (χ0v) is 11.3. The zero-order valence-electron chi connectivity index (χ0n) is 10.5. The van der Waals surface area contributed by atoms with Crippen molar-refractivity contribution in [3.8, 4) is 0 Å². The molecule has 2 rings (SSSR count). The van der Waals surface area contributed by atoms with Gasteiger partial charge in [0.25, 0.3) is 5.91 Å². The number of anilines is 1. The Balaban J connectivity index is 2.46. The second kappa shape index (κ2) is 4.57. The van der Waals surface area contributed by atoms with E-state index in [9.17, 15) is 9.59 Å². The first-order chi connectivity index (χ1) is 8.45. The zero-order chi connectivity index (χ0) is 13.4. The third-order valence-electron chi connectivity index (χ3n) is 2.95. The molecule has 0 aliphatic carbocycles. The van der Waals surface area contributed by atoms with E-state index in [1.54, 1.807) is 19.9 Å². The van der Waals surface area contributed by atoms with Gasteiger partial charge >= 0.3 is 6.03 Å². The van der Waals surface area contributed by atoms with Crippen molar-refractivity contribution in [2.45, 2.75) is 20.8 Å². The summed E-state index contributed by atoms with van der Waals surface area (Å²) in [5.74, 6) is 0.127.